The summed E-state index contributed by atoms with van der Waals surface area (Å²) in [6.07, 6.45) is 2.71. The van der Waals surface area contributed by atoms with Crippen molar-refractivity contribution < 1.29 is 13.2 Å². The first-order valence-corrected chi connectivity index (χ1v) is 12.7. The van der Waals surface area contributed by atoms with E-state index in [1.807, 2.05) is 31.2 Å². The molecule has 7 heteroatoms. The Bertz CT molecular complexity index is 986. The maximum atomic E-state index is 13.0. The van der Waals surface area contributed by atoms with Gasteiger partial charge in [0.05, 0.1) is 4.90 Å². The van der Waals surface area contributed by atoms with Crippen LogP contribution in [0.1, 0.15) is 43.4 Å². The second-order valence-corrected chi connectivity index (χ2v) is 10.6. The highest BCUT2D eigenvalue weighted by atomic mass is 79.9. The van der Waals surface area contributed by atoms with Gasteiger partial charge in [0, 0.05) is 29.2 Å². The number of aryl methyl sites for hydroxylation is 3. The molecule has 0 aromatic heterocycles. The summed E-state index contributed by atoms with van der Waals surface area (Å²) in [5.41, 5.74) is 4.14. The maximum absolute atomic E-state index is 13.0. The number of hydrogen-bond acceptors (Lipinski definition) is 3. The number of benzene rings is 2. The van der Waals surface area contributed by atoms with E-state index in [1.54, 1.807) is 12.1 Å². The standard InChI is InChI=1S/C23H29BrN2O3S/c1-4-17-14-20(24)15-18(5-2)22(17)25-23(27)19-10-12-26(13-11-19)30(28,29)21-8-6-16(3)7-9-21/h6-9,14-15,19H,4-5,10-13H2,1-3H3,(H,25,27). The zero-order valence-corrected chi connectivity index (χ0v) is 20.1. The van der Waals surface area contributed by atoms with Gasteiger partial charge in [-0.1, -0.05) is 47.5 Å². The number of carbonyl (C=O) groups is 1. The van der Waals surface area contributed by atoms with Gasteiger partial charge in [0.2, 0.25) is 15.9 Å². The highest BCUT2D eigenvalue weighted by Gasteiger charge is 2.32. The number of carbonyl (C=O) groups excluding carboxylic acids is 1. The molecule has 30 heavy (non-hydrogen) atoms. The normalized spacial score (nSPS) is 15.9. The van der Waals surface area contributed by atoms with Crippen molar-refractivity contribution in [2.45, 2.75) is 51.3 Å². The van der Waals surface area contributed by atoms with Gasteiger partial charge < -0.3 is 5.32 Å². The molecule has 1 aliphatic heterocycles. The lowest BCUT2D eigenvalue weighted by Gasteiger charge is -2.31. The van der Waals surface area contributed by atoms with Gasteiger partial charge in [0.1, 0.15) is 0 Å². The van der Waals surface area contributed by atoms with Crippen molar-refractivity contribution in [3.8, 4) is 0 Å². The second kappa shape index (κ2) is 9.62. The van der Waals surface area contributed by atoms with Crippen molar-refractivity contribution in [3.05, 3.63) is 57.6 Å². The lowest BCUT2D eigenvalue weighted by molar-refractivity contribution is -0.120. The summed E-state index contributed by atoms with van der Waals surface area (Å²) in [4.78, 5) is 13.3. The topological polar surface area (TPSA) is 66.5 Å². The van der Waals surface area contributed by atoms with Crippen LogP contribution in [0.3, 0.4) is 0 Å². The molecule has 1 amide bonds. The van der Waals surface area contributed by atoms with Crippen molar-refractivity contribution in [1.82, 2.24) is 4.31 Å². The lowest BCUT2D eigenvalue weighted by atomic mass is 9.96. The molecule has 0 bridgehead atoms. The first kappa shape index (κ1) is 23.0. The van der Waals surface area contributed by atoms with Crippen LogP contribution in [0.25, 0.3) is 0 Å². The van der Waals surface area contributed by atoms with E-state index in [1.165, 1.54) is 4.31 Å². The van der Waals surface area contributed by atoms with Gasteiger partial charge in [0.25, 0.3) is 0 Å². The third-order valence-electron chi connectivity index (χ3n) is 5.76. The quantitative estimate of drug-likeness (QED) is 0.621. The van der Waals surface area contributed by atoms with Gasteiger partial charge in [0.15, 0.2) is 0 Å². The molecule has 1 heterocycles. The number of nitrogens with zero attached hydrogens (tertiary/aromatic N) is 1. The summed E-state index contributed by atoms with van der Waals surface area (Å²) >= 11 is 3.54. The molecule has 1 saturated heterocycles. The van der Waals surface area contributed by atoms with E-state index >= 15 is 0 Å². The number of rotatable bonds is 6. The molecule has 0 unspecified atom stereocenters. The number of piperidine rings is 1. The van der Waals surface area contributed by atoms with Gasteiger partial charge in [-0.2, -0.15) is 4.31 Å². The van der Waals surface area contributed by atoms with Gasteiger partial charge >= 0.3 is 0 Å². The van der Waals surface area contributed by atoms with E-state index in [2.05, 4.69) is 35.1 Å². The predicted octanol–water partition coefficient (Wildman–Crippen LogP) is 4.92. The van der Waals surface area contributed by atoms with Crippen molar-refractivity contribution >= 4 is 37.5 Å². The average Bonchev–Trinajstić information content (AvgIpc) is 2.74. The van der Waals surface area contributed by atoms with Crippen molar-refractivity contribution in [2.24, 2.45) is 5.92 Å². The van der Waals surface area contributed by atoms with Crippen LogP contribution < -0.4 is 5.32 Å². The minimum absolute atomic E-state index is 0.0193. The summed E-state index contributed by atoms with van der Waals surface area (Å²) in [7, 11) is -3.52. The fourth-order valence-corrected chi connectivity index (χ4v) is 5.91. The van der Waals surface area contributed by atoms with Crippen molar-refractivity contribution in [1.29, 1.82) is 0 Å². The first-order chi connectivity index (χ1) is 14.3. The molecule has 1 fully saturated rings. The fraction of sp³-hybridized carbons (Fsp3) is 0.435. The number of sulfonamides is 1. The Labute approximate surface area is 188 Å². The molecule has 0 atom stereocenters. The van der Waals surface area contributed by atoms with Crippen LogP contribution in [0.15, 0.2) is 45.8 Å². The van der Waals surface area contributed by atoms with E-state index < -0.39 is 10.0 Å². The number of hydrogen-bond donors (Lipinski definition) is 1. The zero-order chi connectivity index (χ0) is 21.9. The summed E-state index contributed by atoms with van der Waals surface area (Å²) in [6.45, 7) is 6.79. The third kappa shape index (κ3) is 4.95. The fourth-order valence-electron chi connectivity index (χ4n) is 3.89. The minimum atomic E-state index is -3.52. The van der Waals surface area contributed by atoms with Crippen LogP contribution >= 0.6 is 15.9 Å². The van der Waals surface area contributed by atoms with Gasteiger partial charge in [-0.15, -0.1) is 0 Å². The van der Waals surface area contributed by atoms with Crippen molar-refractivity contribution in [2.75, 3.05) is 18.4 Å². The molecule has 2 aromatic carbocycles. The highest BCUT2D eigenvalue weighted by Crippen LogP contribution is 2.30. The first-order valence-electron chi connectivity index (χ1n) is 10.4. The third-order valence-corrected chi connectivity index (χ3v) is 8.13. The minimum Gasteiger partial charge on any atom is -0.325 e. The summed E-state index contributed by atoms with van der Waals surface area (Å²) in [5.74, 6) is -0.207. The average molecular weight is 493 g/mol. The Hall–Kier alpha value is -1.70. The van der Waals surface area contributed by atoms with E-state index in [-0.39, 0.29) is 11.8 Å². The number of nitrogens with one attached hydrogen (secondary N) is 1. The second-order valence-electron chi connectivity index (χ2n) is 7.79. The van der Waals surface area contributed by atoms with Gasteiger partial charge in [-0.25, -0.2) is 8.42 Å². The van der Waals surface area contributed by atoms with Crippen LogP contribution in [0.2, 0.25) is 0 Å². The van der Waals surface area contributed by atoms with Crippen LogP contribution in [0.4, 0.5) is 5.69 Å². The summed E-state index contributed by atoms with van der Waals surface area (Å²) in [5, 5.41) is 3.14. The van der Waals surface area contributed by atoms with Gasteiger partial charge in [-0.05, 0) is 68.0 Å². The molecule has 1 aliphatic rings. The van der Waals surface area contributed by atoms with Crippen LogP contribution in [0.5, 0.6) is 0 Å². The molecule has 1 N–H and O–H groups in total. The Morgan fingerprint density at radius 1 is 1.07 bits per heavy atom. The maximum Gasteiger partial charge on any atom is 0.243 e. The Balaban J connectivity index is 1.68. The number of anilines is 1. The Kier molecular flexibility index (Phi) is 7.37. The van der Waals surface area contributed by atoms with Crippen LogP contribution in [0, 0.1) is 12.8 Å². The molecule has 162 valence electrons. The molecule has 0 radical (unpaired) electrons. The predicted molar refractivity (Wildman–Crippen MR) is 124 cm³/mol. The Morgan fingerprint density at radius 2 is 1.60 bits per heavy atom. The monoisotopic (exact) mass is 492 g/mol. The van der Waals surface area contributed by atoms with Crippen LogP contribution in [-0.4, -0.2) is 31.7 Å². The number of amides is 1. The largest absolute Gasteiger partial charge is 0.325 e. The number of halogens is 1. The molecule has 3 rings (SSSR count). The van der Waals surface area contributed by atoms with Gasteiger partial charge in [-0.3, -0.25) is 4.79 Å². The molecule has 0 aliphatic carbocycles. The molecule has 2 aromatic rings. The lowest BCUT2D eigenvalue weighted by Crippen LogP contribution is -2.41. The molecule has 0 saturated carbocycles. The SMILES string of the molecule is CCc1cc(Br)cc(CC)c1NC(=O)C1CCN(S(=O)(=O)c2ccc(C)cc2)CC1. The van der Waals surface area contributed by atoms with Crippen LogP contribution in [-0.2, 0) is 27.7 Å². The molecule has 0 spiro atoms. The molecule has 5 nitrogen and oxygen atoms in total. The molecular formula is C23H29BrN2O3S. The Morgan fingerprint density at radius 3 is 2.10 bits per heavy atom. The summed E-state index contributed by atoms with van der Waals surface area (Å²) < 4.78 is 28.3. The smallest absolute Gasteiger partial charge is 0.243 e. The summed E-state index contributed by atoms with van der Waals surface area (Å²) in [6, 6.07) is 11.0. The van der Waals surface area contributed by atoms with E-state index in [4.69, 9.17) is 0 Å². The molecular weight excluding hydrogens is 464 g/mol. The van der Waals surface area contributed by atoms with E-state index in [0.717, 1.165) is 39.7 Å². The highest BCUT2D eigenvalue weighted by molar-refractivity contribution is 9.10. The van der Waals surface area contributed by atoms with E-state index in [0.29, 0.717) is 30.8 Å². The van der Waals surface area contributed by atoms with E-state index in [9.17, 15) is 13.2 Å². The zero-order valence-electron chi connectivity index (χ0n) is 17.7. The van der Waals surface area contributed by atoms with Crippen molar-refractivity contribution in [3.63, 3.8) is 0 Å².